The number of anilines is 1. The number of rotatable bonds is 6. The van der Waals surface area contributed by atoms with E-state index in [9.17, 15) is 9.59 Å². The Morgan fingerprint density at radius 2 is 1.96 bits per heavy atom. The van der Waals surface area contributed by atoms with Gasteiger partial charge in [-0.1, -0.05) is 32.0 Å². The van der Waals surface area contributed by atoms with Crippen molar-refractivity contribution in [2.45, 2.75) is 39.2 Å². The number of ether oxygens (including phenoxy) is 1. The van der Waals surface area contributed by atoms with E-state index < -0.39 is 12.1 Å². The van der Waals surface area contributed by atoms with E-state index in [1.54, 1.807) is 0 Å². The highest BCUT2D eigenvalue weighted by atomic mass is 16.5. The molecule has 6 nitrogen and oxygen atoms in total. The Labute approximate surface area is 141 Å². The molecule has 1 aromatic carbocycles. The second-order valence-corrected chi connectivity index (χ2v) is 5.52. The Bertz CT molecular complexity index is 704. The predicted octanol–water partition coefficient (Wildman–Crippen LogP) is 3.17. The summed E-state index contributed by atoms with van der Waals surface area (Å²) in [4.78, 5) is 31.9. The first-order valence-electron chi connectivity index (χ1n) is 7.89. The molecule has 1 amide bonds. The Morgan fingerprint density at radius 3 is 2.62 bits per heavy atom. The number of amides is 1. The molecule has 0 fully saturated rings. The summed E-state index contributed by atoms with van der Waals surface area (Å²) in [5.41, 5.74) is 1.86. The van der Waals surface area contributed by atoms with Crippen LogP contribution in [0.25, 0.3) is 0 Å². The smallest absolute Gasteiger partial charge is 0.359 e. The third kappa shape index (κ3) is 4.38. The van der Waals surface area contributed by atoms with Crippen LogP contribution in [0.3, 0.4) is 0 Å². The fourth-order valence-electron chi connectivity index (χ4n) is 2.17. The summed E-state index contributed by atoms with van der Waals surface area (Å²) >= 11 is 0. The molecule has 24 heavy (non-hydrogen) atoms. The van der Waals surface area contributed by atoms with Crippen LogP contribution in [0.1, 0.15) is 49.2 Å². The quantitative estimate of drug-likeness (QED) is 0.824. The molecule has 0 aliphatic carbocycles. The molecule has 0 spiro atoms. The van der Waals surface area contributed by atoms with E-state index in [4.69, 9.17) is 4.74 Å². The van der Waals surface area contributed by atoms with Crippen LogP contribution >= 0.6 is 0 Å². The van der Waals surface area contributed by atoms with Crippen LogP contribution in [0.2, 0.25) is 0 Å². The summed E-state index contributed by atoms with van der Waals surface area (Å²) in [6, 6.07) is 7.63. The van der Waals surface area contributed by atoms with Gasteiger partial charge in [-0.2, -0.15) is 0 Å². The van der Waals surface area contributed by atoms with Gasteiger partial charge in [0.1, 0.15) is 0 Å². The molecule has 0 aliphatic rings. The Balaban J connectivity index is 2.03. The van der Waals surface area contributed by atoms with Gasteiger partial charge >= 0.3 is 5.97 Å². The summed E-state index contributed by atoms with van der Waals surface area (Å²) in [7, 11) is 0. The van der Waals surface area contributed by atoms with Gasteiger partial charge < -0.3 is 10.1 Å². The van der Waals surface area contributed by atoms with E-state index in [1.807, 2.05) is 24.3 Å². The maximum Gasteiger partial charge on any atom is 0.359 e. The van der Waals surface area contributed by atoms with E-state index in [2.05, 4.69) is 29.1 Å². The number of carbonyl (C=O) groups is 2. The lowest BCUT2D eigenvalue weighted by atomic mass is 9.97. The Kier molecular flexibility index (Phi) is 6.01. The molecule has 6 heteroatoms. The van der Waals surface area contributed by atoms with Crippen molar-refractivity contribution in [2.75, 3.05) is 5.32 Å². The second-order valence-electron chi connectivity index (χ2n) is 5.52. The number of hydrogen-bond donors (Lipinski definition) is 1. The van der Waals surface area contributed by atoms with E-state index in [1.165, 1.54) is 25.5 Å². The van der Waals surface area contributed by atoms with Crippen molar-refractivity contribution in [2.24, 2.45) is 0 Å². The minimum Gasteiger partial charge on any atom is -0.448 e. The van der Waals surface area contributed by atoms with Gasteiger partial charge in [-0.25, -0.2) is 9.78 Å². The number of nitrogens with zero attached hydrogens (tertiary/aromatic N) is 2. The molecule has 1 heterocycles. The van der Waals surface area contributed by atoms with Gasteiger partial charge in [-0.15, -0.1) is 0 Å². The minimum absolute atomic E-state index is 0.0668. The topological polar surface area (TPSA) is 81.2 Å². The van der Waals surface area contributed by atoms with E-state index in [-0.39, 0.29) is 11.6 Å². The largest absolute Gasteiger partial charge is 0.448 e. The van der Waals surface area contributed by atoms with Crippen LogP contribution in [-0.2, 0) is 9.53 Å². The number of aromatic nitrogens is 2. The number of carbonyl (C=O) groups excluding carboxylic acids is 2. The molecule has 0 radical (unpaired) electrons. The minimum atomic E-state index is -0.940. The van der Waals surface area contributed by atoms with Crippen LogP contribution in [0.15, 0.2) is 42.9 Å². The monoisotopic (exact) mass is 327 g/mol. The normalized spacial score (nSPS) is 13.0. The van der Waals surface area contributed by atoms with Crippen molar-refractivity contribution in [1.82, 2.24) is 9.97 Å². The summed E-state index contributed by atoms with van der Waals surface area (Å²) in [5.74, 6) is -0.747. The third-order valence-electron chi connectivity index (χ3n) is 3.79. The van der Waals surface area contributed by atoms with Crippen molar-refractivity contribution in [3.8, 4) is 0 Å². The molecule has 0 aliphatic heterocycles. The molecule has 0 bridgehead atoms. The Hall–Kier alpha value is -2.76. The zero-order chi connectivity index (χ0) is 17.5. The van der Waals surface area contributed by atoms with Gasteiger partial charge in [0, 0.05) is 18.1 Å². The highest BCUT2D eigenvalue weighted by Crippen LogP contribution is 2.26. The third-order valence-corrected chi connectivity index (χ3v) is 3.79. The summed E-state index contributed by atoms with van der Waals surface area (Å²) in [5, 5.41) is 2.83. The Morgan fingerprint density at radius 1 is 1.21 bits per heavy atom. The van der Waals surface area contributed by atoms with Gasteiger partial charge in [-0.05, 0) is 30.9 Å². The van der Waals surface area contributed by atoms with Gasteiger partial charge in [0.15, 0.2) is 11.8 Å². The molecule has 2 atom stereocenters. The number of benzene rings is 1. The van der Waals surface area contributed by atoms with E-state index in [0.717, 1.165) is 17.7 Å². The SMILES string of the molecule is CC[C@@H](C)c1ccccc1NC(=O)[C@H](C)OC(=O)c1cnccn1. The lowest BCUT2D eigenvalue weighted by Gasteiger charge is -2.18. The summed E-state index contributed by atoms with van der Waals surface area (Å²) < 4.78 is 5.14. The maximum absolute atomic E-state index is 12.3. The number of esters is 1. The van der Waals surface area contributed by atoms with Crippen LogP contribution in [0.4, 0.5) is 5.69 Å². The fraction of sp³-hybridized carbons (Fsp3) is 0.333. The summed E-state index contributed by atoms with van der Waals surface area (Å²) in [6.45, 7) is 5.71. The lowest BCUT2D eigenvalue weighted by molar-refractivity contribution is -0.123. The average Bonchev–Trinajstić information content (AvgIpc) is 2.62. The average molecular weight is 327 g/mol. The molecule has 2 rings (SSSR count). The fourth-order valence-corrected chi connectivity index (χ4v) is 2.17. The molecule has 0 saturated carbocycles. The van der Waals surface area contributed by atoms with E-state index in [0.29, 0.717) is 5.92 Å². The van der Waals surface area contributed by atoms with E-state index >= 15 is 0 Å². The predicted molar refractivity (Wildman–Crippen MR) is 90.7 cm³/mol. The lowest BCUT2D eigenvalue weighted by Crippen LogP contribution is -2.30. The highest BCUT2D eigenvalue weighted by Gasteiger charge is 2.21. The van der Waals surface area contributed by atoms with Crippen molar-refractivity contribution in [1.29, 1.82) is 0 Å². The number of nitrogens with one attached hydrogen (secondary N) is 1. The number of para-hydroxylation sites is 1. The molecule has 1 N–H and O–H groups in total. The van der Waals surface area contributed by atoms with Crippen molar-refractivity contribution in [3.05, 3.63) is 54.1 Å². The van der Waals surface area contributed by atoms with Crippen molar-refractivity contribution in [3.63, 3.8) is 0 Å². The summed E-state index contributed by atoms with van der Waals surface area (Å²) in [6.07, 6.45) is 4.17. The second kappa shape index (κ2) is 8.19. The standard InChI is InChI=1S/C18H21N3O3/c1-4-12(2)14-7-5-6-8-15(14)21-17(22)13(3)24-18(23)16-11-19-9-10-20-16/h5-13H,4H2,1-3H3,(H,21,22)/t12-,13+/m1/s1. The first kappa shape index (κ1) is 17.6. The van der Waals surface area contributed by atoms with Crippen molar-refractivity contribution < 1.29 is 14.3 Å². The van der Waals surface area contributed by atoms with Crippen LogP contribution in [-0.4, -0.2) is 27.9 Å². The van der Waals surface area contributed by atoms with Crippen LogP contribution in [0.5, 0.6) is 0 Å². The molecule has 0 saturated heterocycles. The zero-order valence-electron chi connectivity index (χ0n) is 14.0. The molecule has 1 aromatic heterocycles. The molecule has 2 aromatic rings. The van der Waals surface area contributed by atoms with Crippen LogP contribution < -0.4 is 5.32 Å². The first-order chi connectivity index (χ1) is 11.5. The number of hydrogen-bond acceptors (Lipinski definition) is 5. The molecular weight excluding hydrogens is 306 g/mol. The van der Waals surface area contributed by atoms with Crippen LogP contribution in [0, 0.1) is 0 Å². The van der Waals surface area contributed by atoms with Crippen molar-refractivity contribution >= 4 is 17.6 Å². The van der Waals surface area contributed by atoms with Gasteiger partial charge in [0.2, 0.25) is 0 Å². The molecule has 126 valence electrons. The molecular formula is C18H21N3O3. The molecule has 0 unspecified atom stereocenters. The first-order valence-corrected chi connectivity index (χ1v) is 7.89. The maximum atomic E-state index is 12.3. The van der Waals surface area contributed by atoms with Gasteiger partial charge in [-0.3, -0.25) is 9.78 Å². The van der Waals surface area contributed by atoms with Gasteiger partial charge in [0.05, 0.1) is 6.20 Å². The highest BCUT2D eigenvalue weighted by molar-refractivity contribution is 5.97. The van der Waals surface area contributed by atoms with Gasteiger partial charge in [0.25, 0.3) is 5.91 Å². The zero-order valence-corrected chi connectivity index (χ0v) is 14.0.